The van der Waals surface area contributed by atoms with E-state index in [2.05, 4.69) is 35.8 Å². The van der Waals surface area contributed by atoms with Crippen molar-refractivity contribution in [2.45, 2.75) is 25.4 Å². The van der Waals surface area contributed by atoms with Crippen LogP contribution in [0, 0.1) is 0 Å². The maximum Gasteiger partial charge on any atom is 0.105 e. The third kappa shape index (κ3) is 3.77. The minimum absolute atomic E-state index is 0.187. The largest absolute Gasteiger partial charge is 0.469 e. The minimum atomic E-state index is 0.187. The second-order valence-corrected chi connectivity index (χ2v) is 7.67. The first-order chi connectivity index (χ1) is 10.2. The molecule has 0 aromatic carbocycles. The Morgan fingerprint density at radius 2 is 2.10 bits per heavy atom. The zero-order chi connectivity index (χ0) is 14.7. The fourth-order valence-corrected chi connectivity index (χ4v) is 4.33. The molecular weight excluding hydrogens is 322 g/mol. The number of thiophene rings is 2. The van der Waals surface area contributed by atoms with Gasteiger partial charge < -0.3 is 9.73 Å². The lowest BCUT2D eigenvalue weighted by Gasteiger charge is -2.21. The van der Waals surface area contributed by atoms with Gasteiger partial charge in [-0.2, -0.15) is 0 Å². The molecule has 2 nitrogen and oxygen atoms in total. The van der Waals surface area contributed by atoms with Crippen molar-refractivity contribution < 1.29 is 4.42 Å². The molecule has 0 fully saturated rings. The summed E-state index contributed by atoms with van der Waals surface area (Å²) < 4.78 is 6.26. The van der Waals surface area contributed by atoms with Crippen LogP contribution in [0.2, 0.25) is 4.34 Å². The van der Waals surface area contributed by atoms with Crippen LogP contribution in [-0.2, 0) is 6.42 Å². The summed E-state index contributed by atoms with van der Waals surface area (Å²) in [5, 5.41) is 5.80. The number of hydrogen-bond donors (Lipinski definition) is 1. The van der Waals surface area contributed by atoms with Gasteiger partial charge in [-0.05, 0) is 42.6 Å². The van der Waals surface area contributed by atoms with Gasteiger partial charge in [-0.25, -0.2) is 0 Å². The first-order valence-corrected chi connectivity index (χ1v) is 8.87. The van der Waals surface area contributed by atoms with E-state index in [4.69, 9.17) is 16.0 Å². The van der Waals surface area contributed by atoms with Crippen molar-refractivity contribution in [3.05, 3.63) is 67.9 Å². The third-order valence-corrected chi connectivity index (χ3v) is 5.48. The van der Waals surface area contributed by atoms with Crippen LogP contribution in [0.15, 0.2) is 52.5 Å². The summed E-state index contributed by atoms with van der Waals surface area (Å²) in [6, 6.07) is 12.7. The molecule has 0 aliphatic carbocycles. The smallest absolute Gasteiger partial charge is 0.105 e. The molecule has 0 amide bonds. The maximum atomic E-state index is 6.10. The van der Waals surface area contributed by atoms with E-state index in [0.717, 1.165) is 16.5 Å². The Morgan fingerprint density at radius 3 is 2.71 bits per heavy atom. The molecule has 0 spiro atoms. The molecule has 1 N–H and O–H groups in total. The molecule has 0 aliphatic heterocycles. The van der Waals surface area contributed by atoms with Gasteiger partial charge in [0.05, 0.1) is 16.6 Å². The molecule has 3 heterocycles. The molecule has 0 radical (unpaired) electrons. The van der Waals surface area contributed by atoms with E-state index < -0.39 is 0 Å². The first kappa shape index (κ1) is 14.9. The number of furan rings is 1. The molecule has 110 valence electrons. The summed E-state index contributed by atoms with van der Waals surface area (Å²) >= 11 is 9.49. The molecule has 3 aromatic rings. The van der Waals surface area contributed by atoms with Crippen molar-refractivity contribution in [1.82, 2.24) is 5.32 Å². The Balaban J connectivity index is 1.76. The standard InChI is InChI=1S/C16H16ClNOS2/c1-11(10-12-4-2-8-19-12)18-16(13-5-3-9-20-13)14-6-7-15(17)21-14/h2-9,11,16,18H,10H2,1H3. The molecule has 0 bridgehead atoms. The van der Waals surface area contributed by atoms with Crippen molar-refractivity contribution in [3.63, 3.8) is 0 Å². The average Bonchev–Trinajstić information content (AvgIpc) is 3.18. The molecule has 2 atom stereocenters. The minimum Gasteiger partial charge on any atom is -0.469 e. The first-order valence-electron chi connectivity index (χ1n) is 6.79. The molecule has 21 heavy (non-hydrogen) atoms. The summed E-state index contributed by atoms with van der Waals surface area (Å²) in [5.41, 5.74) is 0. The van der Waals surface area contributed by atoms with Gasteiger partial charge in [0.25, 0.3) is 0 Å². The second-order valence-electron chi connectivity index (χ2n) is 4.94. The molecular formula is C16H16ClNOS2. The highest BCUT2D eigenvalue weighted by Gasteiger charge is 2.20. The Morgan fingerprint density at radius 1 is 1.19 bits per heavy atom. The van der Waals surface area contributed by atoms with E-state index in [9.17, 15) is 0 Å². The van der Waals surface area contributed by atoms with E-state index in [1.54, 1.807) is 28.9 Å². The topological polar surface area (TPSA) is 25.2 Å². The Labute approximate surface area is 137 Å². The van der Waals surface area contributed by atoms with Gasteiger partial charge in [-0.3, -0.25) is 0 Å². The van der Waals surface area contributed by atoms with Crippen LogP contribution in [-0.4, -0.2) is 6.04 Å². The predicted octanol–water partition coefficient (Wildman–Crippen LogP) is 5.37. The van der Waals surface area contributed by atoms with Crippen LogP contribution in [0.1, 0.15) is 28.5 Å². The quantitative estimate of drug-likeness (QED) is 0.654. The number of nitrogens with one attached hydrogen (secondary N) is 1. The zero-order valence-corrected chi connectivity index (χ0v) is 14.0. The van der Waals surface area contributed by atoms with E-state index in [1.165, 1.54) is 9.75 Å². The molecule has 2 unspecified atom stereocenters. The highest BCUT2D eigenvalue weighted by Crippen LogP contribution is 2.33. The van der Waals surface area contributed by atoms with Gasteiger partial charge in [-0.1, -0.05) is 17.7 Å². The van der Waals surface area contributed by atoms with Crippen LogP contribution in [0.25, 0.3) is 0 Å². The van der Waals surface area contributed by atoms with Gasteiger partial charge in [-0.15, -0.1) is 22.7 Å². The van der Waals surface area contributed by atoms with E-state index >= 15 is 0 Å². The van der Waals surface area contributed by atoms with Gasteiger partial charge in [0.2, 0.25) is 0 Å². The third-order valence-electron chi connectivity index (χ3n) is 3.24. The normalized spacial score (nSPS) is 14.2. The lowest BCUT2D eigenvalue weighted by atomic mass is 10.1. The summed E-state index contributed by atoms with van der Waals surface area (Å²) in [5.74, 6) is 1.00. The fourth-order valence-electron chi connectivity index (χ4n) is 2.32. The van der Waals surface area contributed by atoms with E-state index in [1.807, 2.05) is 18.2 Å². The number of rotatable bonds is 6. The molecule has 0 saturated heterocycles. The average molecular weight is 338 g/mol. The monoisotopic (exact) mass is 337 g/mol. The van der Waals surface area contributed by atoms with Crippen molar-refractivity contribution in [2.24, 2.45) is 0 Å². The van der Waals surface area contributed by atoms with Crippen molar-refractivity contribution in [1.29, 1.82) is 0 Å². The maximum absolute atomic E-state index is 6.10. The van der Waals surface area contributed by atoms with Crippen LogP contribution in [0.3, 0.4) is 0 Å². The number of halogens is 1. The molecule has 0 aliphatic rings. The number of hydrogen-bond acceptors (Lipinski definition) is 4. The van der Waals surface area contributed by atoms with Gasteiger partial charge in [0, 0.05) is 22.2 Å². The van der Waals surface area contributed by atoms with Gasteiger partial charge in [0.1, 0.15) is 5.76 Å². The van der Waals surface area contributed by atoms with Gasteiger partial charge >= 0.3 is 0 Å². The summed E-state index contributed by atoms with van der Waals surface area (Å²) in [6.45, 7) is 2.18. The van der Waals surface area contributed by atoms with Crippen molar-refractivity contribution in [3.8, 4) is 0 Å². The summed E-state index contributed by atoms with van der Waals surface area (Å²) in [4.78, 5) is 2.55. The Hall–Kier alpha value is -1.07. The van der Waals surface area contributed by atoms with Crippen LogP contribution >= 0.6 is 34.3 Å². The lowest BCUT2D eigenvalue weighted by Crippen LogP contribution is -2.32. The SMILES string of the molecule is CC(Cc1ccco1)NC(c1cccs1)c1ccc(Cl)s1. The van der Waals surface area contributed by atoms with Gasteiger partial charge in [0.15, 0.2) is 0 Å². The van der Waals surface area contributed by atoms with E-state index in [0.29, 0.717) is 6.04 Å². The predicted molar refractivity (Wildman–Crippen MR) is 90.5 cm³/mol. The van der Waals surface area contributed by atoms with Crippen molar-refractivity contribution >= 4 is 34.3 Å². The van der Waals surface area contributed by atoms with E-state index in [-0.39, 0.29) is 6.04 Å². The highest BCUT2D eigenvalue weighted by molar-refractivity contribution is 7.16. The molecule has 5 heteroatoms. The van der Waals surface area contributed by atoms with Crippen LogP contribution in [0.4, 0.5) is 0 Å². The fraction of sp³-hybridized carbons (Fsp3) is 0.250. The molecule has 3 aromatic heterocycles. The Kier molecular flexibility index (Phi) is 4.80. The second kappa shape index (κ2) is 6.79. The lowest BCUT2D eigenvalue weighted by molar-refractivity contribution is 0.441. The van der Waals surface area contributed by atoms with Crippen molar-refractivity contribution in [2.75, 3.05) is 0 Å². The molecule has 0 saturated carbocycles. The molecule has 3 rings (SSSR count). The van der Waals surface area contributed by atoms with Crippen LogP contribution in [0.5, 0.6) is 0 Å². The highest BCUT2D eigenvalue weighted by atomic mass is 35.5. The Bertz CT molecular complexity index is 660. The zero-order valence-electron chi connectivity index (χ0n) is 11.6. The van der Waals surface area contributed by atoms with Crippen LogP contribution < -0.4 is 5.32 Å². The summed E-state index contributed by atoms with van der Waals surface area (Å²) in [7, 11) is 0. The summed E-state index contributed by atoms with van der Waals surface area (Å²) in [6.07, 6.45) is 2.59.